The molecule has 0 saturated heterocycles. The second kappa shape index (κ2) is 6.95. The number of hydrogen-bond donors (Lipinski definition) is 2. The Morgan fingerprint density at radius 3 is 2.33 bits per heavy atom. The van der Waals surface area contributed by atoms with Gasteiger partial charge in [0.2, 0.25) is 5.91 Å². The van der Waals surface area contributed by atoms with E-state index in [9.17, 15) is 9.18 Å². The molecule has 6 heteroatoms. The van der Waals surface area contributed by atoms with Crippen LogP contribution in [0.3, 0.4) is 0 Å². The molecule has 0 heterocycles. The molecule has 0 spiro atoms. The molecule has 1 saturated carbocycles. The van der Waals surface area contributed by atoms with E-state index in [-0.39, 0.29) is 27.2 Å². The van der Waals surface area contributed by atoms with Crippen LogP contribution in [0.2, 0.25) is 10.0 Å². The number of nitrogens with one attached hydrogen (secondary N) is 2. The summed E-state index contributed by atoms with van der Waals surface area (Å²) < 4.78 is 13.1. The zero-order valence-corrected chi connectivity index (χ0v) is 13.5. The van der Waals surface area contributed by atoms with E-state index in [4.69, 9.17) is 23.2 Å². The van der Waals surface area contributed by atoms with Gasteiger partial charge in [0.25, 0.3) is 0 Å². The normalized spacial score (nSPS) is 17.5. The van der Waals surface area contributed by atoms with Crippen molar-refractivity contribution < 1.29 is 9.18 Å². The summed E-state index contributed by atoms with van der Waals surface area (Å²) in [6, 6.07) is 2.27. The molecule has 3 nitrogen and oxygen atoms in total. The number of carbonyl (C=O) groups is 1. The number of amides is 1. The van der Waals surface area contributed by atoms with Crippen LogP contribution < -0.4 is 10.6 Å². The van der Waals surface area contributed by atoms with E-state index < -0.39 is 5.82 Å². The smallest absolute Gasteiger partial charge is 0.226 e. The summed E-state index contributed by atoms with van der Waals surface area (Å²) in [4.78, 5) is 12.3. The summed E-state index contributed by atoms with van der Waals surface area (Å²) >= 11 is 11.9. The van der Waals surface area contributed by atoms with Crippen molar-refractivity contribution in [2.45, 2.75) is 44.1 Å². The van der Waals surface area contributed by atoms with Crippen LogP contribution in [0.1, 0.15) is 38.5 Å². The molecule has 0 radical (unpaired) electrons. The fourth-order valence-corrected chi connectivity index (χ4v) is 3.45. The van der Waals surface area contributed by atoms with Crippen LogP contribution >= 0.6 is 23.2 Å². The molecule has 1 amide bonds. The first-order valence-electron chi connectivity index (χ1n) is 7.09. The molecule has 2 N–H and O–H groups in total. The zero-order valence-electron chi connectivity index (χ0n) is 11.9. The van der Waals surface area contributed by atoms with Gasteiger partial charge in [-0.2, -0.15) is 0 Å². The lowest BCUT2D eigenvalue weighted by Crippen LogP contribution is -2.47. The van der Waals surface area contributed by atoms with Crippen molar-refractivity contribution >= 4 is 34.8 Å². The van der Waals surface area contributed by atoms with Gasteiger partial charge in [0.1, 0.15) is 5.82 Å². The van der Waals surface area contributed by atoms with Crippen molar-refractivity contribution in [1.82, 2.24) is 5.32 Å². The predicted octanol–water partition coefficient (Wildman–Crippen LogP) is 4.38. The van der Waals surface area contributed by atoms with Gasteiger partial charge in [0.15, 0.2) is 0 Å². The first-order chi connectivity index (χ1) is 9.96. The van der Waals surface area contributed by atoms with Crippen molar-refractivity contribution in [2.75, 3.05) is 12.4 Å². The third kappa shape index (κ3) is 4.09. The van der Waals surface area contributed by atoms with Gasteiger partial charge in [-0.05, 0) is 32.0 Å². The maximum atomic E-state index is 13.1. The Morgan fingerprint density at radius 1 is 1.24 bits per heavy atom. The van der Waals surface area contributed by atoms with Gasteiger partial charge < -0.3 is 10.6 Å². The molecule has 116 valence electrons. The van der Waals surface area contributed by atoms with Gasteiger partial charge in [-0.25, -0.2) is 4.39 Å². The first kappa shape index (κ1) is 16.5. The van der Waals surface area contributed by atoms with E-state index in [0.717, 1.165) is 37.8 Å². The molecular formula is C15H19Cl2FN2O. The highest BCUT2D eigenvalue weighted by Gasteiger charge is 2.32. The van der Waals surface area contributed by atoms with Gasteiger partial charge in [-0.15, -0.1) is 0 Å². The minimum absolute atomic E-state index is 0.107. The molecule has 1 aliphatic carbocycles. The molecule has 0 aliphatic heterocycles. The fourth-order valence-electron chi connectivity index (χ4n) is 2.90. The molecule has 0 aromatic heterocycles. The number of benzene rings is 1. The SMILES string of the molecule is CNC1(CC(=O)Nc2c(Cl)cc(F)cc2Cl)CCCCC1. The molecule has 0 unspecified atom stereocenters. The maximum absolute atomic E-state index is 13.1. The van der Waals surface area contributed by atoms with Crippen LogP contribution in [0.5, 0.6) is 0 Å². The van der Waals surface area contributed by atoms with Gasteiger partial charge in [0, 0.05) is 12.0 Å². The lowest BCUT2D eigenvalue weighted by atomic mass is 9.79. The summed E-state index contributed by atoms with van der Waals surface area (Å²) in [5, 5.41) is 6.20. The zero-order chi connectivity index (χ0) is 15.5. The Labute approximate surface area is 134 Å². The average molecular weight is 333 g/mol. The third-order valence-electron chi connectivity index (χ3n) is 4.11. The number of carbonyl (C=O) groups excluding carboxylic acids is 1. The second-order valence-electron chi connectivity index (χ2n) is 5.56. The predicted molar refractivity (Wildman–Crippen MR) is 84.5 cm³/mol. The summed E-state index contributed by atoms with van der Waals surface area (Å²) in [6.07, 6.45) is 5.75. The summed E-state index contributed by atoms with van der Waals surface area (Å²) in [5.41, 5.74) is 0.105. The largest absolute Gasteiger partial charge is 0.323 e. The fraction of sp³-hybridized carbons (Fsp3) is 0.533. The number of anilines is 1. The molecule has 1 aliphatic rings. The number of hydrogen-bond acceptors (Lipinski definition) is 2. The Morgan fingerprint density at radius 2 is 1.81 bits per heavy atom. The quantitative estimate of drug-likeness (QED) is 0.858. The van der Waals surface area contributed by atoms with Gasteiger partial charge in [-0.3, -0.25) is 4.79 Å². The average Bonchev–Trinajstić information content (AvgIpc) is 2.44. The van der Waals surface area contributed by atoms with Gasteiger partial charge in [-0.1, -0.05) is 42.5 Å². The minimum atomic E-state index is -0.526. The molecule has 1 aromatic rings. The Balaban J connectivity index is 2.08. The molecule has 1 aromatic carbocycles. The monoisotopic (exact) mass is 332 g/mol. The van der Waals surface area contributed by atoms with Crippen LogP contribution in [0.4, 0.5) is 10.1 Å². The molecular weight excluding hydrogens is 314 g/mol. The second-order valence-corrected chi connectivity index (χ2v) is 6.37. The van der Waals surface area contributed by atoms with Crippen LogP contribution in [-0.2, 0) is 4.79 Å². The highest BCUT2D eigenvalue weighted by atomic mass is 35.5. The Kier molecular flexibility index (Phi) is 5.47. The van der Waals surface area contributed by atoms with E-state index in [2.05, 4.69) is 10.6 Å². The van der Waals surface area contributed by atoms with Crippen LogP contribution in [0.15, 0.2) is 12.1 Å². The number of rotatable bonds is 4. The Hall–Kier alpha value is -0.840. The topological polar surface area (TPSA) is 41.1 Å². The third-order valence-corrected chi connectivity index (χ3v) is 4.71. The molecule has 2 rings (SSSR count). The van der Waals surface area contributed by atoms with E-state index >= 15 is 0 Å². The maximum Gasteiger partial charge on any atom is 0.226 e. The minimum Gasteiger partial charge on any atom is -0.323 e. The summed E-state index contributed by atoms with van der Waals surface area (Å²) in [6.45, 7) is 0. The van der Waals surface area contributed by atoms with Crippen LogP contribution in [0.25, 0.3) is 0 Å². The molecule has 0 atom stereocenters. The van der Waals surface area contributed by atoms with Crippen molar-refractivity contribution in [3.63, 3.8) is 0 Å². The standard InChI is InChI=1S/C15H19Cl2FN2O/c1-19-15(5-3-2-4-6-15)9-13(21)20-14-11(16)7-10(18)8-12(14)17/h7-8,19H,2-6,9H2,1H3,(H,20,21). The summed E-state index contributed by atoms with van der Waals surface area (Å²) in [5.74, 6) is -0.691. The Bertz CT molecular complexity index is 507. The van der Waals surface area contributed by atoms with E-state index in [1.165, 1.54) is 6.42 Å². The highest BCUT2D eigenvalue weighted by Crippen LogP contribution is 2.34. The molecule has 21 heavy (non-hydrogen) atoms. The van der Waals surface area contributed by atoms with E-state index in [1.807, 2.05) is 7.05 Å². The van der Waals surface area contributed by atoms with Crippen molar-refractivity contribution in [1.29, 1.82) is 0 Å². The first-order valence-corrected chi connectivity index (χ1v) is 7.85. The molecule has 0 bridgehead atoms. The van der Waals surface area contributed by atoms with Crippen LogP contribution in [0, 0.1) is 5.82 Å². The van der Waals surface area contributed by atoms with Crippen LogP contribution in [-0.4, -0.2) is 18.5 Å². The lowest BCUT2D eigenvalue weighted by Gasteiger charge is -2.36. The highest BCUT2D eigenvalue weighted by molar-refractivity contribution is 6.39. The van der Waals surface area contributed by atoms with Crippen molar-refractivity contribution in [3.05, 3.63) is 28.0 Å². The number of halogens is 3. The van der Waals surface area contributed by atoms with E-state index in [0.29, 0.717) is 6.42 Å². The van der Waals surface area contributed by atoms with Crippen molar-refractivity contribution in [2.24, 2.45) is 0 Å². The van der Waals surface area contributed by atoms with Gasteiger partial charge >= 0.3 is 0 Å². The summed E-state index contributed by atoms with van der Waals surface area (Å²) in [7, 11) is 1.89. The van der Waals surface area contributed by atoms with Crippen molar-refractivity contribution in [3.8, 4) is 0 Å². The van der Waals surface area contributed by atoms with Gasteiger partial charge in [0.05, 0.1) is 15.7 Å². The lowest BCUT2D eigenvalue weighted by molar-refractivity contribution is -0.117. The molecule has 1 fully saturated rings. The van der Waals surface area contributed by atoms with E-state index in [1.54, 1.807) is 0 Å².